The summed E-state index contributed by atoms with van der Waals surface area (Å²) in [4.78, 5) is 14.0. The third kappa shape index (κ3) is 0.798. The zero-order valence-electron chi connectivity index (χ0n) is 8.31. The first-order chi connectivity index (χ1) is 7.25. The van der Waals surface area contributed by atoms with Crippen molar-refractivity contribution in [2.24, 2.45) is 11.8 Å². The van der Waals surface area contributed by atoms with Gasteiger partial charge in [-0.25, -0.2) is 0 Å². The fourth-order valence-electron chi connectivity index (χ4n) is 3.23. The van der Waals surface area contributed by atoms with Crippen LogP contribution < -0.4 is 10.6 Å². The minimum Gasteiger partial charge on any atom is -0.399 e. The molecule has 3 atom stereocenters. The van der Waals surface area contributed by atoms with E-state index in [-0.39, 0.29) is 0 Å². The molecular formula is C12H12N2O. The van der Waals surface area contributed by atoms with Crippen LogP contribution in [0.25, 0.3) is 0 Å². The van der Waals surface area contributed by atoms with E-state index in [1.165, 1.54) is 5.56 Å². The first kappa shape index (κ1) is 7.74. The highest BCUT2D eigenvalue weighted by Crippen LogP contribution is 2.56. The van der Waals surface area contributed by atoms with Gasteiger partial charge in [0.1, 0.15) is 0 Å². The first-order valence-electron chi connectivity index (χ1n) is 5.47. The number of nitrogen functional groups attached to an aromatic ring is 1. The molecule has 0 aromatic heterocycles. The van der Waals surface area contributed by atoms with E-state index in [0.29, 0.717) is 23.8 Å². The van der Waals surface area contributed by atoms with E-state index in [0.717, 1.165) is 24.2 Å². The van der Waals surface area contributed by atoms with Crippen molar-refractivity contribution < 1.29 is 4.79 Å². The van der Waals surface area contributed by atoms with Crippen molar-refractivity contribution in [3.63, 3.8) is 0 Å². The van der Waals surface area contributed by atoms with Gasteiger partial charge in [0.2, 0.25) is 5.91 Å². The van der Waals surface area contributed by atoms with Gasteiger partial charge in [-0.05, 0) is 42.5 Å². The minimum atomic E-state index is 0.341. The number of rotatable bonds is 0. The van der Waals surface area contributed by atoms with E-state index in [2.05, 4.69) is 0 Å². The van der Waals surface area contributed by atoms with Crippen molar-refractivity contribution >= 4 is 17.3 Å². The number of carbonyl (C=O) groups excluding carboxylic acids is 1. The van der Waals surface area contributed by atoms with Gasteiger partial charge in [-0.2, -0.15) is 0 Å². The van der Waals surface area contributed by atoms with Crippen LogP contribution in [0, 0.1) is 11.8 Å². The van der Waals surface area contributed by atoms with Crippen LogP contribution in [0.2, 0.25) is 0 Å². The van der Waals surface area contributed by atoms with Crippen LogP contribution in [0.1, 0.15) is 12.0 Å². The number of fused-ring (bicyclic) bond motifs is 5. The van der Waals surface area contributed by atoms with E-state index in [9.17, 15) is 4.79 Å². The maximum atomic E-state index is 12.0. The van der Waals surface area contributed by atoms with Crippen LogP contribution >= 0.6 is 0 Å². The fourth-order valence-corrected chi connectivity index (χ4v) is 3.23. The number of piperidine rings is 1. The van der Waals surface area contributed by atoms with Crippen molar-refractivity contribution in [2.75, 3.05) is 10.6 Å². The van der Waals surface area contributed by atoms with Crippen molar-refractivity contribution in [1.82, 2.24) is 0 Å². The quantitative estimate of drug-likeness (QED) is 0.639. The lowest BCUT2D eigenvalue weighted by Crippen LogP contribution is -2.33. The van der Waals surface area contributed by atoms with Crippen LogP contribution in [0.5, 0.6) is 0 Å². The maximum Gasteiger partial charge on any atom is 0.230 e. The topological polar surface area (TPSA) is 46.3 Å². The van der Waals surface area contributed by atoms with E-state index < -0.39 is 0 Å². The number of hydrogen-bond acceptors (Lipinski definition) is 2. The van der Waals surface area contributed by atoms with Gasteiger partial charge in [-0.1, -0.05) is 0 Å². The average Bonchev–Trinajstić information content (AvgIpc) is 2.85. The summed E-state index contributed by atoms with van der Waals surface area (Å²) >= 11 is 0. The van der Waals surface area contributed by atoms with Gasteiger partial charge >= 0.3 is 0 Å². The lowest BCUT2D eigenvalue weighted by molar-refractivity contribution is -0.118. The van der Waals surface area contributed by atoms with Gasteiger partial charge in [-0.3, -0.25) is 4.79 Å². The molecule has 3 aliphatic rings. The third-order valence-corrected chi connectivity index (χ3v) is 4.01. The highest BCUT2D eigenvalue weighted by molar-refractivity contribution is 6.03. The summed E-state index contributed by atoms with van der Waals surface area (Å²) in [7, 11) is 0. The van der Waals surface area contributed by atoms with Crippen molar-refractivity contribution in [3.05, 3.63) is 23.8 Å². The Bertz CT molecular complexity index is 483. The highest BCUT2D eigenvalue weighted by atomic mass is 16.2. The molecule has 0 spiro atoms. The Morgan fingerprint density at radius 2 is 2.27 bits per heavy atom. The van der Waals surface area contributed by atoms with E-state index in [1.54, 1.807) is 0 Å². The Balaban J connectivity index is 1.87. The Hall–Kier alpha value is -1.51. The standard InChI is InChI=1S/C12H12N2O/c13-7-1-2-10-6(3-7)4-11-8-5-9(8)12(15)14(10)11/h1-3,8-9,11H,4-5,13H2. The predicted molar refractivity (Wildman–Crippen MR) is 57.4 cm³/mol. The number of hydrogen-bond donors (Lipinski definition) is 1. The molecule has 2 N–H and O–H groups in total. The van der Waals surface area contributed by atoms with Crippen LogP contribution in [-0.2, 0) is 11.2 Å². The molecule has 1 saturated heterocycles. The molecule has 0 bridgehead atoms. The summed E-state index contributed by atoms with van der Waals surface area (Å²) < 4.78 is 0. The van der Waals surface area contributed by atoms with Gasteiger partial charge in [0.25, 0.3) is 0 Å². The number of amides is 1. The molecule has 1 saturated carbocycles. The maximum absolute atomic E-state index is 12.0. The SMILES string of the molecule is Nc1ccc2c(c1)CC1C3CC3C(=O)N21. The summed E-state index contributed by atoms with van der Waals surface area (Å²) in [6.07, 6.45) is 2.12. The van der Waals surface area contributed by atoms with Gasteiger partial charge in [0, 0.05) is 23.3 Å². The predicted octanol–water partition coefficient (Wildman–Crippen LogP) is 1.18. The summed E-state index contributed by atoms with van der Waals surface area (Å²) in [5.41, 5.74) is 8.91. The van der Waals surface area contributed by atoms with Gasteiger partial charge in [0.05, 0.1) is 0 Å². The average molecular weight is 200 g/mol. The molecule has 1 aromatic carbocycles. The molecule has 4 rings (SSSR count). The fraction of sp³-hybridized carbons (Fsp3) is 0.417. The molecule has 3 heteroatoms. The van der Waals surface area contributed by atoms with Crippen molar-refractivity contribution in [2.45, 2.75) is 18.9 Å². The van der Waals surface area contributed by atoms with Crippen LogP contribution in [0.15, 0.2) is 18.2 Å². The number of nitrogens with two attached hydrogens (primary N) is 1. The number of carbonyl (C=O) groups is 1. The summed E-state index contributed by atoms with van der Waals surface area (Å²) in [5, 5.41) is 0. The van der Waals surface area contributed by atoms with E-state index in [4.69, 9.17) is 5.73 Å². The summed E-state index contributed by atoms with van der Waals surface area (Å²) in [6.45, 7) is 0. The second kappa shape index (κ2) is 2.18. The smallest absolute Gasteiger partial charge is 0.230 e. The molecule has 15 heavy (non-hydrogen) atoms. The molecule has 1 aromatic rings. The summed E-state index contributed by atoms with van der Waals surface area (Å²) in [5.74, 6) is 1.32. The highest BCUT2D eigenvalue weighted by Gasteiger charge is 2.60. The number of nitrogens with zero attached hydrogens (tertiary/aromatic N) is 1. The molecular weight excluding hydrogens is 188 g/mol. The Kier molecular flexibility index (Phi) is 1.13. The number of benzene rings is 1. The molecule has 2 fully saturated rings. The zero-order chi connectivity index (χ0) is 10.2. The normalized spacial score (nSPS) is 35.1. The minimum absolute atomic E-state index is 0.341. The molecule has 3 nitrogen and oxygen atoms in total. The Labute approximate surface area is 87.9 Å². The van der Waals surface area contributed by atoms with Gasteiger partial charge in [0.15, 0.2) is 0 Å². The van der Waals surface area contributed by atoms with Gasteiger partial charge < -0.3 is 10.6 Å². The molecule has 0 radical (unpaired) electrons. The Morgan fingerprint density at radius 3 is 3.13 bits per heavy atom. The van der Waals surface area contributed by atoms with Gasteiger partial charge in [-0.15, -0.1) is 0 Å². The van der Waals surface area contributed by atoms with Crippen molar-refractivity contribution in [3.8, 4) is 0 Å². The van der Waals surface area contributed by atoms with Crippen molar-refractivity contribution in [1.29, 1.82) is 0 Å². The third-order valence-electron chi connectivity index (χ3n) is 4.01. The summed E-state index contributed by atoms with van der Waals surface area (Å²) in [6, 6.07) is 6.34. The lowest BCUT2D eigenvalue weighted by Gasteiger charge is -2.19. The molecule has 3 unspecified atom stereocenters. The van der Waals surface area contributed by atoms with E-state index >= 15 is 0 Å². The molecule has 1 amide bonds. The molecule has 2 heterocycles. The number of anilines is 2. The van der Waals surface area contributed by atoms with Crippen LogP contribution in [0.4, 0.5) is 11.4 Å². The lowest BCUT2D eigenvalue weighted by atomic mass is 10.1. The molecule has 2 aliphatic heterocycles. The first-order valence-corrected chi connectivity index (χ1v) is 5.47. The second-order valence-corrected chi connectivity index (χ2v) is 4.87. The van der Waals surface area contributed by atoms with Crippen LogP contribution in [0.3, 0.4) is 0 Å². The molecule has 1 aliphatic carbocycles. The monoisotopic (exact) mass is 200 g/mol. The largest absolute Gasteiger partial charge is 0.399 e. The molecule has 76 valence electrons. The van der Waals surface area contributed by atoms with Crippen LogP contribution in [-0.4, -0.2) is 11.9 Å². The Morgan fingerprint density at radius 1 is 1.40 bits per heavy atom. The zero-order valence-corrected chi connectivity index (χ0v) is 8.31. The second-order valence-electron chi connectivity index (χ2n) is 4.87. The van der Waals surface area contributed by atoms with E-state index in [1.807, 2.05) is 23.1 Å².